The van der Waals surface area contributed by atoms with E-state index in [9.17, 15) is 4.79 Å². The normalized spacial score (nSPS) is 11.0. The van der Waals surface area contributed by atoms with E-state index >= 15 is 0 Å². The largest absolute Gasteiger partial charge is 0.493 e. The van der Waals surface area contributed by atoms with Crippen LogP contribution in [-0.4, -0.2) is 25.3 Å². The van der Waals surface area contributed by atoms with Crippen molar-refractivity contribution in [3.63, 3.8) is 0 Å². The highest BCUT2D eigenvalue weighted by Crippen LogP contribution is 2.28. The van der Waals surface area contributed by atoms with Crippen molar-refractivity contribution < 1.29 is 14.3 Å². The van der Waals surface area contributed by atoms with Crippen LogP contribution in [0.1, 0.15) is 18.9 Å². The van der Waals surface area contributed by atoms with Crippen molar-refractivity contribution in [3.05, 3.63) is 70.2 Å². The number of benzene rings is 3. The first kappa shape index (κ1) is 21.0. The van der Waals surface area contributed by atoms with E-state index in [0.29, 0.717) is 28.2 Å². The Kier molecular flexibility index (Phi) is 7.33. The molecule has 0 spiro atoms. The van der Waals surface area contributed by atoms with Crippen LogP contribution in [0.2, 0.25) is 10.0 Å². The van der Waals surface area contributed by atoms with Crippen molar-refractivity contribution in [1.82, 2.24) is 5.43 Å². The summed E-state index contributed by atoms with van der Waals surface area (Å²) < 4.78 is 11.2. The van der Waals surface area contributed by atoms with Crippen LogP contribution in [-0.2, 0) is 4.79 Å². The van der Waals surface area contributed by atoms with Gasteiger partial charge in [-0.1, -0.05) is 60.5 Å². The molecular formula is C22H20Cl2N2O3. The molecule has 1 N–H and O–H groups in total. The summed E-state index contributed by atoms with van der Waals surface area (Å²) in [6, 6.07) is 16.6. The number of carbonyl (C=O) groups excluding carboxylic acids is 1. The van der Waals surface area contributed by atoms with Gasteiger partial charge >= 0.3 is 0 Å². The number of rotatable bonds is 8. The Morgan fingerprint density at radius 1 is 1.07 bits per heavy atom. The van der Waals surface area contributed by atoms with Crippen molar-refractivity contribution in [2.45, 2.75) is 13.3 Å². The molecule has 3 aromatic rings. The van der Waals surface area contributed by atoms with Gasteiger partial charge in [0, 0.05) is 10.6 Å². The van der Waals surface area contributed by atoms with Crippen molar-refractivity contribution >= 4 is 46.1 Å². The molecule has 1 amide bonds. The maximum atomic E-state index is 12.1. The summed E-state index contributed by atoms with van der Waals surface area (Å²) in [5, 5.41) is 6.95. The van der Waals surface area contributed by atoms with Gasteiger partial charge < -0.3 is 9.47 Å². The zero-order valence-corrected chi connectivity index (χ0v) is 17.3. The fourth-order valence-corrected chi connectivity index (χ4v) is 3.15. The van der Waals surface area contributed by atoms with E-state index in [4.69, 9.17) is 32.7 Å². The second kappa shape index (κ2) is 10.1. The van der Waals surface area contributed by atoms with E-state index in [1.807, 2.05) is 43.3 Å². The molecular weight excluding hydrogens is 411 g/mol. The zero-order valence-electron chi connectivity index (χ0n) is 15.8. The average molecular weight is 431 g/mol. The third kappa shape index (κ3) is 5.62. The smallest absolute Gasteiger partial charge is 0.277 e. The Morgan fingerprint density at radius 3 is 2.66 bits per heavy atom. The van der Waals surface area contributed by atoms with Gasteiger partial charge in [-0.25, -0.2) is 5.43 Å². The molecule has 7 heteroatoms. The van der Waals surface area contributed by atoms with Crippen molar-refractivity contribution in [2.24, 2.45) is 5.10 Å². The maximum absolute atomic E-state index is 12.1. The minimum atomic E-state index is -0.413. The number of nitrogens with one attached hydrogen (secondary N) is 1. The van der Waals surface area contributed by atoms with E-state index in [1.165, 1.54) is 0 Å². The highest BCUT2D eigenvalue weighted by atomic mass is 35.5. The van der Waals surface area contributed by atoms with Crippen molar-refractivity contribution in [2.75, 3.05) is 13.2 Å². The summed E-state index contributed by atoms with van der Waals surface area (Å²) >= 11 is 11.9. The molecule has 0 aliphatic rings. The lowest BCUT2D eigenvalue weighted by Crippen LogP contribution is -2.24. The number of hydrogen-bond donors (Lipinski definition) is 1. The number of hydrazone groups is 1. The number of halogens is 2. The second-order valence-corrected chi connectivity index (χ2v) is 7.05. The van der Waals surface area contributed by atoms with Crippen LogP contribution in [0.5, 0.6) is 11.5 Å². The van der Waals surface area contributed by atoms with Gasteiger partial charge in [0.25, 0.3) is 5.91 Å². The van der Waals surface area contributed by atoms with Crippen LogP contribution in [0.4, 0.5) is 0 Å². The van der Waals surface area contributed by atoms with E-state index in [0.717, 1.165) is 22.8 Å². The predicted molar refractivity (Wildman–Crippen MR) is 117 cm³/mol. The Labute approximate surface area is 179 Å². The van der Waals surface area contributed by atoms with E-state index < -0.39 is 5.91 Å². The van der Waals surface area contributed by atoms with Gasteiger partial charge in [-0.2, -0.15) is 5.10 Å². The summed E-state index contributed by atoms with van der Waals surface area (Å²) in [5.74, 6) is 0.677. The molecule has 0 aliphatic carbocycles. The minimum Gasteiger partial charge on any atom is -0.493 e. The number of fused-ring (bicyclic) bond motifs is 1. The molecule has 0 saturated carbocycles. The zero-order chi connectivity index (χ0) is 20.6. The van der Waals surface area contributed by atoms with Crippen LogP contribution < -0.4 is 14.9 Å². The quantitative estimate of drug-likeness (QED) is 0.380. The van der Waals surface area contributed by atoms with Crippen LogP contribution in [0, 0.1) is 0 Å². The molecule has 0 atom stereocenters. The molecule has 0 saturated heterocycles. The fraction of sp³-hybridized carbons (Fsp3) is 0.182. The number of nitrogens with zero attached hydrogens (tertiary/aromatic N) is 1. The predicted octanol–water partition coefficient (Wildman–Crippen LogP) is 5.46. The number of carbonyl (C=O) groups is 1. The number of hydrogen-bond acceptors (Lipinski definition) is 4. The second-order valence-electron chi connectivity index (χ2n) is 6.20. The molecule has 0 aliphatic heterocycles. The first-order valence-corrected chi connectivity index (χ1v) is 9.88. The number of ether oxygens (including phenoxy) is 2. The summed E-state index contributed by atoms with van der Waals surface area (Å²) in [6.07, 6.45) is 2.48. The summed E-state index contributed by atoms with van der Waals surface area (Å²) in [7, 11) is 0. The molecule has 0 radical (unpaired) electrons. The maximum Gasteiger partial charge on any atom is 0.277 e. The van der Waals surface area contributed by atoms with E-state index in [2.05, 4.69) is 10.5 Å². The van der Waals surface area contributed by atoms with Crippen LogP contribution in [0.3, 0.4) is 0 Å². The minimum absolute atomic E-state index is 0.229. The van der Waals surface area contributed by atoms with Gasteiger partial charge in [-0.05, 0) is 41.5 Å². The molecule has 3 aromatic carbocycles. The molecule has 0 fully saturated rings. The van der Waals surface area contributed by atoms with Gasteiger partial charge in [0.05, 0.1) is 17.8 Å². The van der Waals surface area contributed by atoms with Gasteiger partial charge in [-0.3, -0.25) is 4.79 Å². The SMILES string of the molecule is CCCOc1ccc2ccccc2c1/C=N/NC(=O)COc1ccc(Cl)cc1Cl. The van der Waals surface area contributed by atoms with Gasteiger partial charge in [0.15, 0.2) is 6.61 Å². The Hall–Kier alpha value is -2.76. The Balaban J connectivity index is 1.68. The summed E-state index contributed by atoms with van der Waals surface area (Å²) in [5.41, 5.74) is 3.27. The monoisotopic (exact) mass is 430 g/mol. The molecule has 0 unspecified atom stereocenters. The van der Waals surface area contributed by atoms with Crippen molar-refractivity contribution in [3.8, 4) is 11.5 Å². The number of amides is 1. The van der Waals surface area contributed by atoms with Gasteiger partial charge in [-0.15, -0.1) is 0 Å². The molecule has 0 heterocycles. The van der Waals surface area contributed by atoms with Crippen molar-refractivity contribution in [1.29, 1.82) is 0 Å². The van der Waals surface area contributed by atoms with Crippen LogP contribution in [0.25, 0.3) is 10.8 Å². The lowest BCUT2D eigenvalue weighted by Gasteiger charge is -2.11. The molecule has 0 aromatic heterocycles. The topological polar surface area (TPSA) is 59.9 Å². The highest BCUT2D eigenvalue weighted by Gasteiger charge is 2.08. The third-order valence-electron chi connectivity index (χ3n) is 4.03. The van der Waals surface area contributed by atoms with E-state index in [1.54, 1.807) is 24.4 Å². The summed E-state index contributed by atoms with van der Waals surface area (Å²) in [6.45, 7) is 2.41. The average Bonchev–Trinajstić information content (AvgIpc) is 2.72. The van der Waals surface area contributed by atoms with Gasteiger partial charge in [0.2, 0.25) is 0 Å². The van der Waals surface area contributed by atoms with Gasteiger partial charge in [0.1, 0.15) is 11.5 Å². The Bertz CT molecular complexity index is 1040. The Morgan fingerprint density at radius 2 is 1.86 bits per heavy atom. The molecule has 3 rings (SSSR count). The molecule has 5 nitrogen and oxygen atoms in total. The van der Waals surface area contributed by atoms with Crippen LogP contribution in [0.15, 0.2) is 59.7 Å². The lowest BCUT2D eigenvalue weighted by atomic mass is 10.0. The lowest BCUT2D eigenvalue weighted by molar-refractivity contribution is -0.123. The summed E-state index contributed by atoms with van der Waals surface area (Å²) in [4.78, 5) is 12.1. The molecule has 0 bridgehead atoms. The highest BCUT2D eigenvalue weighted by molar-refractivity contribution is 6.35. The molecule has 29 heavy (non-hydrogen) atoms. The van der Waals surface area contributed by atoms with E-state index in [-0.39, 0.29) is 6.61 Å². The third-order valence-corrected chi connectivity index (χ3v) is 4.56. The first-order valence-electron chi connectivity index (χ1n) is 9.12. The fourth-order valence-electron chi connectivity index (χ4n) is 2.68. The standard InChI is InChI=1S/C22H20Cl2N2O3/c1-2-11-28-20-9-7-15-5-3-4-6-17(15)18(20)13-25-26-22(27)14-29-21-10-8-16(23)12-19(21)24/h3-10,12-13H,2,11,14H2,1H3,(H,26,27)/b25-13+. The first-order chi connectivity index (χ1) is 14.1. The molecule has 150 valence electrons. The van der Waals surface area contributed by atoms with Crippen LogP contribution >= 0.6 is 23.2 Å².